The normalized spacial score (nSPS) is 11.7. The fourth-order valence-corrected chi connectivity index (χ4v) is 2.41. The fraction of sp³-hybridized carbons (Fsp3) is 0.333. The smallest absolute Gasteiger partial charge is 0.276 e. The van der Waals surface area contributed by atoms with E-state index in [0.717, 1.165) is 6.42 Å². The van der Waals surface area contributed by atoms with Crippen molar-refractivity contribution < 1.29 is 9.59 Å². The van der Waals surface area contributed by atoms with Crippen LogP contribution >= 0.6 is 11.6 Å². The number of aryl methyl sites for hydroxylation is 1. The highest BCUT2D eigenvalue weighted by Crippen LogP contribution is 2.13. The van der Waals surface area contributed by atoms with Gasteiger partial charge in [0.2, 0.25) is 11.3 Å². The van der Waals surface area contributed by atoms with Gasteiger partial charge in [-0.3, -0.25) is 14.4 Å². The summed E-state index contributed by atoms with van der Waals surface area (Å²) in [6, 6.07) is 7.40. The van der Waals surface area contributed by atoms with Crippen molar-refractivity contribution in [1.29, 1.82) is 0 Å². The second kappa shape index (κ2) is 8.62. The number of hydrogen-bond donors (Lipinski definition) is 2. The fourth-order valence-electron chi connectivity index (χ4n) is 2.28. The molecule has 26 heavy (non-hydrogen) atoms. The molecule has 2 amide bonds. The van der Waals surface area contributed by atoms with Crippen molar-refractivity contribution in [1.82, 2.24) is 20.4 Å². The molecule has 0 spiro atoms. The first-order chi connectivity index (χ1) is 12.3. The SMILES string of the molecule is CCCNC(=O)[C@@H](C)NC(=O)c1nn(-c2ccc(Cl)cc2)c(C)cc1=O. The predicted molar refractivity (Wildman–Crippen MR) is 99.8 cm³/mol. The molecule has 0 fully saturated rings. The maximum atomic E-state index is 12.4. The molecule has 0 aliphatic heterocycles. The number of carbonyl (C=O) groups excluding carboxylic acids is 2. The number of nitrogens with zero attached hydrogens (tertiary/aromatic N) is 2. The highest BCUT2D eigenvalue weighted by atomic mass is 35.5. The van der Waals surface area contributed by atoms with Gasteiger partial charge in [0, 0.05) is 23.3 Å². The van der Waals surface area contributed by atoms with Gasteiger partial charge in [-0.05, 0) is 44.5 Å². The Hall–Kier alpha value is -2.67. The van der Waals surface area contributed by atoms with Crippen LogP contribution in [-0.4, -0.2) is 34.2 Å². The molecule has 8 heteroatoms. The van der Waals surface area contributed by atoms with Gasteiger partial charge >= 0.3 is 0 Å². The molecular formula is C18H21ClN4O3. The molecule has 7 nitrogen and oxygen atoms in total. The largest absolute Gasteiger partial charge is 0.354 e. The van der Waals surface area contributed by atoms with E-state index in [0.29, 0.717) is 22.9 Å². The Morgan fingerprint density at radius 1 is 1.27 bits per heavy atom. The summed E-state index contributed by atoms with van der Waals surface area (Å²) in [6.07, 6.45) is 0.789. The van der Waals surface area contributed by atoms with E-state index in [9.17, 15) is 14.4 Å². The number of halogens is 1. The van der Waals surface area contributed by atoms with Crippen LogP contribution in [0.2, 0.25) is 5.02 Å². The van der Waals surface area contributed by atoms with Crippen molar-refractivity contribution >= 4 is 23.4 Å². The minimum Gasteiger partial charge on any atom is -0.354 e. The van der Waals surface area contributed by atoms with Gasteiger partial charge in [0.05, 0.1) is 5.69 Å². The summed E-state index contributed by atoms with van der Waals surface area (Å²) < 4.78 is 1.48. The summed E-state index contributed by atoms with van der Waals surface area (Å²) in [6.45, 7) is 5.71. The molecule has 2 aromatic rings. The summed E-state index contributed by atoms with van der Waals surface area (Å²) in [5, 5.41) is 9.92. The zero-order valence-electron chi connectivity index (χ0n) is 14.9. The second-order valence-electron chi connectivity index (χ2n) is 5.87. The molecule has 0 saturated carbocycles. The third kappa shape index (κ3) is 4.70. The minimum absolute atomic E-state index is 0.277. The van der Waals surface area contributed by atoms with E-state index in [2.05, 4.69) is 15.7 Å². The number of carbonyl (C=O) groups is 2. The first-order valence-corrected chi connectivity index (χ1v) is 8.66. The third-order valence-electron chi connectivity index (χ3n) is 3.68. The predicted octanol–water partition coefficient (Wildman–Crippen LogP) is 1.84. The number of benzene rings is 1. The number of nitrogens with one attached hydrogen (secondary N) is 2. The Labute approximate surface area is 156 Å². The van der Waals surface area contributed by atoms with Crippen LogP contribution in [0.5, 0.6) is 0 Å². The summed E-state index contributed by atoms with van der Waals surface area (Å²) in [5.74, 6) is -1.01. The van der Waals surface area contributed by atoms with Gasteiger partial charge in [0.25, 0.3) is 5.91 Å². The number of hydrogen-bond acceptors (Lipinski definition) is 4. The summed E-state index contributed by atoms with van der Waals surface area (Å²) >= 11 is 5.89. The van der Waals surface area contributed by atoms with Crippen LogP contribution in [0.25, 0.3) is 5.69 Å². The zero-order valence-corrected chi connectivity index (χ0v) is 15.6. The minimum atomic E-state index is -0.777. The second-order valence-corrected chi connectivity index (χ2v) is 6.31. The van der Waals surface area contributed by atoms with Crippen LogP contribution in [0.3, 0.4) is 0 Å². The van der Waals surface area contributed by atoms with E-state index in [1.807, 2.05) is 6.92 Å². The number of aromatic nitrogens is 2. The molecule has 2 rings (SSSR count). The molecule has 1 aromatic heterocycles. The molecule has 1 atom stereocenters. The van der Waals surface area contributed by atoms with Crippen LogP contribution in [0.4, 0.5) is 0 Å². The molecule has 0 radical (unpaired) electrons. The lowest BCUT2D eigenvalue weighted by atomic mass is 10.2. The van der Waals surface area contributed by atoms with Gasteiger partial charge in [0.1, 0.15) is 6.04 Å². The van der Waals surface area contributed by atoms with Crippen LogP contribution in [0, 0.1) is 6.92 Å². The Kier molecular flexibility index (Phi) is 6.52. The average Bonchev–Trinajstić information content (AvgIpc) is 2.60. The molecule has 1 heterocycles. The van der Waals surface area contributed by atoms with E-state index < -0.39 is 17.4 Å². The van der Waals surface area contributed by atoms with Crippen LogP contribution < -0.4 is 16.1 Å². The highest BCUT2D eigenvalue weighted by Gasteiger charge is 2.20. The molecular weight excluding hydrogens is 356 g/mol. The van der Waals surface area contributed by atoms with Gasteiger partial charge in [0.15, 0.2) is 5.69 Å². The van der Waals surface area contributed by atoms with Gasteiger partial charge < -0.3 is 10.6 Å². The Balaban J connectivity index is 2.27. The first kappa shape index (κ1) is 19.7. The molecule has 0 bridgehead atoms. The molecule has 138 valence electrons. The molecule has 0 aliphatic carbocycles. The van der Waals surface area contributed by atoms with Crippen LogP contribution in [-0.2, 0) is 4.79 Å². The number of amides is 2. The third-order valence-corrected chi connectivity index (χ3v) is 3.94. The van der Waals surface area contributed by atoms with Crippen molar-refractivity contribution in [2.24, 2.45) is 0 Å². The Morgan fingerprint density at radius 2 is 1.92 bits per heavy atom. The van der Waals surface area contributed by atoms with E-state index in [-0.39, 0.29) is 11.6 Å². The maximum Gasteiger partial charge on any atom is 0.276 e. The van der Waals surface area contributed by atoms with Gasteiger partial charge in [-0.25, -0.2) is 4.68 Å². The summed E-state index contributed by atoms with van der Waals surface area (Å²) in [4.78, 5) is 36.5. The Morgan fingerprint density at radius 3 is 2.54 bits per heavy atom. The topological polar surface area (TPSA) is 93.1 Å². The van der Waals surface area contributed by atoms with E-state index in [4.69, 9.17) is 11.6 Å². The first-order valence-electron chi connectivity index (χ1n) is 8.29. The van der Waals surface area contributed by atoms with Crippen molar-refractivity contribution in [3.05, 3.63) is 57.0 Å². The van der Waals surface area contributed by atoms with Crippen LogP contribution in [0.1, 0.15) is 36.5 Å². The van der Waals surface area contributed by atoms with Crippen molar-refractivity contribution in [2.75, 3.05) is 6.54 Å². The lowest BCUT2D eigenvalue weighted by molar-refractivity contribution is -0.122. The van der Waals surface area contributed by atoms with Gasteiger partial charge in [-0.2, -0.15) is 5.10 Å². The van der Waals surface area contributed by atoms with E-state index in [1.54, 1.807) is 38.1 Å². The van der Waals surface area contributed by atoms with Crippen molar-refractivity contribution in [2.45, 2.75) is 33.2 Å². The molecule has 1 aromatic carbocycles. The quantitative estimate of drug-likeness (QED) is 0.804. The molecule has 0 saturated heterocycles. The average molecular weight is 377 g/mol. The standard InChI is InChI=1S/C18H21ClN4O3/c1-4-9-20-17(25)12(3)21-18(26)16-15(24)10-11(2)23(22-16)14-7-5-13(19)6-8-14/h5-8,10,12H,4,9H2,1-3H3,(H,20,25)(H,21,26)/t12-/m1/s1. The zero-order chi connectivity index (χ0) is 19.3. The molecule has 2 N–H and O–H groups in total. The lowest BCUT2D eigenvalue weighted by Crippen LogP contribution is -2.46. The van der Waals surface area contributed by atoms with E-state index >= 15 is 0 Å². The monoisotopic (exact) mass is 376 g/mol. The molecule has 0 unspecified atom stereocenters. The van der Waals surface area contributed by atoms with Gasteiger partial charge in [-0.15, -0.1) is 0 Å². The molecule has 0 aliphatic rings. The lowest BCUT2D eigenvalue weighted by Gasteiger charge is -2.15. The summed E-state index contributed by atoms with van der Waals surface area (Å²) in [7, 11) is 0. The summed E-state index contributed by atoms with van der Waals surface area (Å²) in [5.41, 5.74) is 0.448. The highest BCUT2D eigenvalue weighted by molar-refractivity contribution is 6.30. The van der Waals surface area contributed by atoms with Gasteiger partial charge in [-0.1, -0.05) is 18.5 Å². The van der Waals surface area contributed by atoms with Crippen molar-refractivity contribution in [3.63, 3.8) is 0 Å². The van der Waals surface area contributed by atoms with Crippen LogP contribution in [0.15, 0.2) is 35.1 Å². The van der Waals surface area contributed by atoms with Crippen molar-refractivity contribution in [3.8, 4) is 5.69 Å². The maximum absolute atomic E-state index is 12.4. The number of rotatable bonds is 6. The Bertz CT molecular complexity index is 862. The van der Waals surface area contributed by atoms with E-state index in [1.165, 1.54) is 10.7 Å².